The molecule has 0 saturated carbocycles. The number of amides is 1. The van der Waals surface area contributed by atoms with Gasteiger partial charge in [0, 0.05) is 11.7 Å². The first-order valence-corrected chi connectivity index (χ1v) is 5.71. The number of aryl methyl sites for hydroxylation is 1. The monoisotopic (exact) mass is 219 g/mol. The van der Waals surface area contributed by atoms with Gasteiger partial charge in [0.05, 0.1) is 0 Å². The lowest BCUT2D eigenvalue weighted by Crippen LogP contribution is -2.42. The Labute approximate surface area is 95.5 Å². The fourth-order valence-corrected chi connectivity index (χ4v) is 1.90. The zero-order chi connectivity index (χ0) is 11.4. The van der Waals surface area contributed by atoms with E-state index in [0.717, 1.165) is 31.6 Å². The van der Waals surface area contributed by atoms with Crippen LogP contribution >= 0.6 is 0 Å². The number of piperidine rings is 1. The van der Waals surface area contributed by atoms with Gasteiger partial charge >= 0.3 is 0 Å². The first-order chi connectivity index (χ1) is 7.75. The molecule has 1 aromatic heterocycles. The van der Waals surface area contributed by atoms with Crippen molar-refractivity contribution in [3.05, 3.63) is 29.6 Å². The Morgan fingerprint density at radius 1 is 1.44 bits per heavy atom. The topological polar surface area (TPSA) is 54.0 Å². The molecule has 1 amide bonds. The van der Waals surface area contributed by atoms with E-state index in [9.17, 15) is 4.79 Å². The quantitative estimate of drug-likeness (QED) is 0.776. The molecule has 4 heteroatoms. The fraction of sp³-hybridized carbons (Fsp3) is 0.500. The van der Waals surface area contributed by atoms with Gasteiger partial charge in [0.25, 0.3) is 5.91 Å². The molecule has 0 radical (unpaired) electrons. The number of rotatable bonds is 2. The van der Waals surface area contributed by atoms with Gasteiger partial charge in [0.2, 0.25) is 0 Å². The molecule has 1 saturated heterocycles. The van der Waals surface area contributed by atoms with Crippen molar-refractivity contribution in [1.82, 2.24) is 15.6 Å². The number of aromatic nitrogens is 1. The molecule has 2 heterocycles. The van der Waals surface area contributed by atoms with Crippen LogP contribution in [-0.4, -0.2) is 30.0 Å². The number of pyridine rings is 1. The molecule has 2 N–H and O–H groups in total. The van der Waals surface area contributed by atoms with Gasteiger partial charge in [0.1, 0.15) is 5.69 Å². The lowest BCUT2D eigenvalue weighted by molar-refractivity contribution is 0.0924. The summed E-state index contributed by atoms with van der Waals surface area (Å²) in [7, 11) is 0. The lowest BCUT2D eigenvalue weighted by Gasteiger charge is -2.23. The Balaban J connectivity index is 1.97. The molecule has 86 valence electrons. The molecule has 1 aliphatic heterocycles. The van der Waals surface area contributed by atoms with Crippen molar-refractivity contribution >= 4 is 5.91 Å². The third-order valence-corrected chi connectivity index (χ3v) is 2.80. The van der Waals surface area contributed by atoms with Gasteiger partial charge in [-0.05, 0) is 45.0 Å². The van der Waals surface area contributed by atoms with E-state index in [1.165, 1.54) is 0 Å². The zero-order valence-corrected chi connectivity index (χ0v) is 9.49. The van der Waals surface area contributed by atoms with Crippen LogP contribution < -0.4 is 10.6 Å². The molecule has 0 unspecified atom stereocenters. The number of carbonyl (C=O) groups excluding carboxylic acids is 1. The molecule has 2 rings (SSSR count). The van der Waals surface area contributed by atoms with E-state index in [0.29, 0.717) is 5.69 Å². The average molecular weight is 219 g/mol. The second-order valence-electron chi connectivity index (χ2n) is 4.16. The highest BCUT2D eigenvalue weighted by Crippen LogP contribution is 2.04. The second kappa shape index (κ2) is 5.07. The van der Waals surface area contributed by atoms with Crippen LogP contribution in [0, 0.1) is 6.92 Å². The van der Waals surface area contributed by atoms with E-state index in [4.69, 9.17) is 0 Å². The highest BCUT2D eigenvalue weighted by molar-refractivity contribution is 5.92. The predicted molar refractivity (Wildman–Crippen MR) is 62.3 cm³/mol. The Hall–Kier alpha value is -1.42. The number of hydrogen-bond acceptors (Lipinski definition) is 3. The summed E-state index contributed by atoms with van der Waals surface area (Å²) >= 11 is 0. The van der Waals surface area contributed by atoms with Gasteiger partial charge in [0.15, 0.2) is 0 Å². The predicted octanol–water partition coefficient (Wildman–Crippen LogP) is 0.872. The first kappa shape index (κ1) is 11.1. The van der Waals surface area contributed by atoms with Crippen LogP contribution in [0.2, 0.25) is 0 Å². The van der Waals surface area contributed by atoms with E-state index in [1.54, 1.807) is 6.07 Å². The standard InChI is InChI=1S/C12H17N3O/c1-9-3-2-4-11(14-9)12(16)15-10-5-7-13-8-6-10/h2-4,10,13H,5-8H2,1H3,(H,15,16). The van der Waals surface area contributed by atoms with Crippen LogP contribution in [0.4, 0.5) is 0 Å². The summed E-state index contributed by atoms with van der Waals surface area (Å²) in [6, 6.07) is 5.79. The van der Waals surface area contributed by atoms with Crippen molar-refractivity contribution < 1.29 is 4.79 Å². The molecular weight excluding hydrogens is 202 g/mol. The van der Waals surface area contributed by atoms with Crippen LogP contribution in [0.3, 0.4) is 0 Å². The Morgan fingerprint density at radius 3 is 2.88 bits per heavy atom. The molecule has 16 heavy (non-hydrogen) atoms. The van der Waals surface area contributed by atoms with Crippen LogP contribution in [-0.2, 0) is 0 Å². The maximum Gasteiger partial charge on any atom is 0.270 e. The summed E-state index contributed by atoms with van der Waals surface area (Å²) in [5.74, 6) is -0.0596. The Morgan fingerprint density at radius 2 is 2.19 bits per heavy atom. The molecule has 1 fully saturated rings. The average Bonchev–Trinajstić information content (AvgIpc) is 2.30. The van der Waals surface area contributed by atoms with Crippen LogP contribution in [0.15, 0.2) is 18.2 Å². The summed E-state index contributed by atoms with van der Waals surface area (Å²) in [4.78, 5) is 16.1. The van der Waals surface area contributed by atoms with E-state index in [-0.39, 0.29) is 11.9 Å². The molecule has 4 nitrogen and oxygen atoms in total. The molecule has 0 spiro atoms. The van der Waals surface area contributed by atoms with Crippen molar-refractivity contribution in [2.75, 3.05) is 13.1 Å². The summed E-state index contributed by atoms with van der Waals surface area (Å²) in [5, 5.41) is 6.29. The highest BCUT2D eigenvalue weighted by Gasteiger charge is 2.16. The normalized spacial score (nSPS) is 17.1. The smallest absolute Gasteiger partial charge is 0.270 e. The zero-order valence-electron chi connectivity index (χ0n) is 9.49. The van der Waals surface area contributed by atoms with Crippen molar-refractivity contribution in [3.63, 3.8) is 0 Å². The number of nitrogens with zero attached hydrogens (tertiary/aromatic N) is 1. The van der Waals surface area contributed by atoms with Crippen molar-refractivity contribution in [1.29, 1.82) is 0 Å². The number of nitrogens with one attached hydrogen (secondary N) is 2. The molecule has 0 aromatic carbocycles. The van der Waals surface area contributed by atoms with Gasteiger partial charge in [-0.1, -0.05) is 6.07 Å². The maximum atomic E-state index is 11.9. The highest BCUT2D eigenvalue weighted by atomic mass is 16.1. The van der Waals surface area contributed by atoms with Crippen LogP contribution in [0.5, 0.6) is 0 Å². The number of hydrogen-bond donors (Lipinski definition) is 2. The number of carbonyl (C=O) groups is 1. The van der Waals surface area contributed by atoms with Gasteiger partial charge in [-0.15, -0.1) is 0 Å². The molecular formula is C12H17N3O. The Bertz CT molecular complexity index is 372. The van der Waals surface area contributed by atoms with Gasteiger partial charge in [-0.25, -0.2) is 4.98 Å². The minimum atomic E-state index is -0.0596. The molecule has 1 aliphatic rings. The molecule has 0 bridgehead atoms. The van der Waals surface area contributed by atoms with Crippen molar-refractivity contribution in [3.8, 4) is 0 Å². The third kappa shape index (κ3) is 2.79. The largest absolute Gasteiger partial charge is 0.348 e. The summed E-state index contributed by atoms with van der Waals surface area (Å²) in [6.45, 7) is 3.85. The van der Waals surface area contributed by atoms with Crippen LogP contribution in [0.1, 0.15) is 29.0 Å². The SMILES string of the molecule is Cc1cccc(C(=O)NC2CCNCC2)n1. The maximum absolute atomic E-state index is 11.9. The van der Waals surface area contributed by atoms with E-state index in [1.807, 2.05) is 19.1 Å². The summed E-state index contributed by atoms with van der Waals surface area (Å²) in [5.41, 5.74) is 1.39. The minimum absolute atomic E-state index is 0.0596. The van der Waals surface area contributed by atoms with E-state index < -0.39 is 0 Å². The third-order valence-electron chi connectivity index (χ3n) is 2.80. The second-order valence-corrected chi connectivity index (χ2v) is 4.16. The molecule has 0 atom stereocenters. The van der Waals surface area contributed by atoms with Gasteiger partial charge in [-0.3, -0.25) is 4.79 Å². The van der Waals surface area contributed by atoms with Crippen LogP contribution in [0.25, 0.3) is 0 Å². The first-order valence-electron chi connectivity index (χ1n) is 5.71. The minimum Gasteiger partial charge on any atom is -0.348 e. The van der Waals surface area contributed by atoms with E-state index in [2.05, 4.69) is 15.6 Å². The van der Waals surface area contributed by atoms with Gasteiger partial charge < -0.3 is 10.6 Å². The van der Waals surface area contributed by atoms with Gasteiger partial charge in [-0.2, -0.15) is 0 Å². The summed E-state index contributed by atoms with van der Waals surface area (Å²) < 4.78 is 0. The molecule has 0 aliphatic carbocycles. The molecule has 1 aromatic rings. The Kier molecular flexibility index (Phi) is 3.51. The lowest BCUT2D eigenvalue weighted by atomic mass is 10.1. The van der Waals surface area contributed by atoms with Crippen molar-refractivity contribution in [2.45, 2.75) is 25.8 Å². The fourth-order valence-electron chi connectivity index (χ4n) is 1.90. The van der Waals surface area contributed by atoms with E-state index >= 15 is 0 Å². The summed E-state index contributed by atoms with van der Waals surface area (Å²) in [6.07, 6.45) is 2.00. The van der Waals surface area contributed by atoms with Crippen molar-refractivity contribution in [2.24, 2.45) is 0 Å².